The number of nitrogens with zero attached hydrogens (tertiary/aromatic N) is 3. The molecule has 132 valence electrons. The van der Waals surface area contributed by atoms with Crippen LogP contribution in [0.5, 0.6) is 0 Å². The number of benzene rings is 1. The van der Waals surface area contributed by atoms with Gasteiger partial charge in [-0.1, -0.05) is 44.2 Å². The van der Waals surface area contributed by atoms with E-state index in [9.17, 15) is 4.79 Å². The van der Waals surface area contributed by atoms with Gasteiger partial charge in [-0.15, -0.1) is 10.2 Å². The Bertz CT molecular complexity index is 677. The van der Waals surface area contributed by atoms with E-state index in [2.05, 4.69) is 34.3 Å². The maximum Gasteiger partial charge on any atom is 0.223 e. The molecule has 1 fully saturated rings. The lowest BCUT2D eigenvalue weighted by Crippen LogP contribution is -2.41. The zero-order valence-electron chi connectivity index (χ0n) is 15.0. The molecule has 2 aromatic rings. The van der Waals surface area contributed by atoms with E-state index in [0.29, 0.717) is 5.92 Å². The summed E-state index contributed by atoms with van der Waals surface area (Å²) >= 11 is 0. The molecule has 25 heavy (non-hydrogen) atoms. The molecule has 2 heterocycles. The van der Waals surface area contributed by atoms with Crippen molar-refractivity contribution in [2.75, 3.05) is 24.5 Å². The second-order valence-electron chi connectivity index (χ2n) is 7.04. The van der Waals surface area contributed by atoms with Crippen LogP contribution in [0.4, 0.5) is 5.82 Å². The highest BCUT2D eigenvalue weighted by Gasteiger charge is 2.25. The number of nitrogens with one attached hydrogen (secondary N) is 1. The third-order valence-electron chi connectivity index (χ3n) is 4.59. The molecule has 1 aromatic carbocycles. The summed E-state index contributed by atoms with van der Waals surface area (Å²) < 4.78 is 0. The van der Waals surface area contributed by atoms with Crippen molar-refractivity contribution in [3.05, 3.63) is 42.5 Å². The second kappa shape index (κ2) is 8.10. The van der Waals surface area contributed by atoms with Gasteiger partial charge in [0.05, 0.1) is 5.69 Å². The molecule has 0 atom stereocenters. The third-order valence-corrected chi connectivity index (χ3v) is 4.59. The summed E-state index contributed by atoms with van der Waals surface area (Å²) in [5, 5.41) is 11.8. The summed E-state index contributed by atoms with van der Waals surface area (Å²) in [5.74, 6) is 1.69. The van der Waals surface area contributed by atoms with Gasteiger partial charge in [0.25, 0.3) is 0 Å². The molecule has 1 amide bonds. The Morgan fingerprint density at radius 2 is 1.84 bits per heavy atom. The Morgan fingerprint density at radius 3 is 2.44 bits per heavy atom. The number of hydrogen-bond donors (Lipinski definition) is 1. The van der Waals surface area contributed by atoms with Crippen molar-refractivity contribution in [1.29, 1.82) is 0 Å². The van der Waals surface area contributed by atoms with Crippen molar-refractivity contribution in [3.63, 3.8) is 0 Å². The molecule has 1 aliphatic heterocycles. The smallest absolute Gasteiger partial charge is 0.223 e. The molecule has 3 rings (SSSR count). The van der Waals surface area contributed by atoms with Gasteiger partial charge >= 0.3 is 0 Å². The first-order valence-electron chi connectivity index (χ1n) is 9.05. The van der Waals surface area contributed by atoms with Crippen LogP contribution in [0.3, 0.4) is 0 Å². The van der Waals surface area contributed by atoms with E-state index in [0.717, 1.165) is 49.6 Å². The molecule has 0 radical (unpaired) electrons. The van der Waals surface area contributed by atoms with E-state index >= 15 is 0 Å². The second-order valence-corrected chi connectivity index (χ2v) is 7.04. The zero-order chi connectivity index (χ0) is 17.6. The van der Waals surface area contributed by atoms with Crippen LogP contribution in [0.1, 0.15) is 26.7 Å². The fraction of sp³-hybridized carbons (Fsp3) is 0.450. The van der Waals surface area contributed by atoms with Crippen LogP contribution in [0.2, 0.25) is 0 Å². The van der Waals surface area contributed by atoms with Gasteiger partial charge in [0.1, 0.15) is 0 Å². The van der Waals surface area contributed by atoms with E-state index in [4.69, 9.17) is 0 Å². The molecule has 0 unspecified atom stereocenters. The molecule has 1 saturated heterocycles. The maximum atomic E-state index is 12.2. The van der Waals surface area contributed by atoms with Crippen molar-refractivity contribution in [3.8, 4) is 11.3 Å². The highest BCUT2D eigenvalue weighted by molar-refractivity contribution is 5.79. The maximum absolute atomic E-state index is 12.2. The van der Waals surface area contributed by atoms with Crippen LogP contribution in [0.25, 0.3) is 11.3 Å². The molecule has 1 N–H and O–H groups in total. The van der Waals surface area contributed by atoms with Gasteiger partial charge in [0.2, 0.25) is 5.91 Å². The first-order valence-corrected chi connectivity index (χ1v) is 9.05. The molecule has 5 nitrogen and oxygen atoms in total. The van der Waals surface area contributed by atoms with Gasteiger partial charge in [-0.25, -0.2) is 0 Å². The Kier molecular flexibility index (Phi) is 5.64. The summed E-state index contributed by atoms with van der Waals surface area (Å²) in [6.07, 6.45) is 1.73. The Morgan fingerprint density at radius 1 is 1.12 bits per heavy atom. The van der Waals surface area contributed by atoms with E-state index in [1.165, 1.54) is 0 Å². The number of aromatic nitrogens is 2. The van der Waals surface area contributed by atoms with Crippen LogP contribution in [-0.4, -0.2) is 35.7 Å². The fourth-order valence-corrected chi connectivity index (χ4v) is 3.08. The normalized spacial score (nSPS) is 15.4. The molecular weight excluding hydrogens is 312 g/mol. The minimum absolute atomic E-state index is 0.117. The topological polar surface area (TPSA) is 58.1 Å². The minimum atomic E-state index is 0.117. The molecule has 0 aliphatic carbocycles. The standard InChI is InChI=1S/C20H26N4O/c1-15(2)14-21-20(25)17-10-12-24(13-11-17)19-9-8-18(22-23-19)16-6-4-3-5-7-16/h3-9,15,17H,10-14H2,1-2H3,(H,21,25). The summed E-state index contributed by atoms with van der Waals surface area (Å²) in [4.78, 5) is 14.4. The highest BCUT2D eigenvalue weighted by atomic mass is 16.1. The molecule has 0 spiro atoms. The minimum Gasteiger partial charge on any atom is -0.356 e. The summed E-state index contributed by atoms with van der Waals surface area (Å²) in [6.45, 7) is 6.67. The van der Waals surface area contributed by atoms with Crippen molar-refractivity contribution >= 4 is 11.7 Å². The summed E-state index contributed by atoms with van der Waals surface area (Å²) in [6, 6.07) is 14.1. The highest BCUT2D eigenvalue weighted by Crippen LogP contribution is 2.23. The largest absolute Gasteiger partial charge is 0.356 e. The van der Waals surface area contributed by atoms with Crippen molar-refractivity contribution < 1.29 is 4.79 Å². The van der Waals surface area contributed by atoms with Gasteiger partial charge < -0.3 is 10.2 Å². The number of piperidine rings is 1. The molecular formula is C20H26N4O. The molecule has 0 saturated carbocycles. The Hall–Kier alpha value is -2.43. The fourth-order valence-electron chi connectivity index (χ4n) is 3.08. The monoisotopic (exact) mass is 338 g/mol. The predicted octanol–water partition coefficient (Wildman–Crippen LogP) is 3.13. The van der Waals surface area contributed by atoms with Crippen LogP contribution >= 0.6 is 0 Å². The average molecular weight is 338 g/mol. The molecule has 0 bridgehead atoms. The van der Waals surface area contributed by atoms with Crippen LogP contribution in [-0.2, 0) is 4.79 Å². The first-order chi connectivity index (χ1) is 12.1. The van der Waals surface area contributed by atoms with Gasteiger partial charge in [0, 0.05) is 31.1 Å². The summed E-state index contributed by atoms with van der Waals surface area (Å²) in [7, 11) is 0. The zero-order valence-corrected chi connectivity index (χ0v) is 15.0. The number of anilines is 1. The third kappa shape index (κ3) is 4.56. The van der Waals surface area contributed by atoms with Crippen LogP contribution < -0.4 is 10.2 Å². The lowest BCUT2D eigenvalue weighted by atomic mass is 9.95. The number of carbonyl (C=O) groups excluding carboxylic acids is 1. The Labute approximate surface area is 149 Å². The number of amides is 1. The molecule has 1 aromatic heterocycles. The van der Waals surface area contributed by atoms with Crippen molar-refractivity contribution in [1.82, 2.24) is 15.5 Å². The van der Waals surface area contributed by atoms with E-state index in [1.54, 1.807) is 0 Å². The van der Waals surface area contributed by atoms with Crippen molar-refractivity contribution in [2.24, 2.45) is 11.8 Å². The summed E-state index contributed by atoms with van der Waals surface area (Å²) in [5.41, 5.74) is 1.95. The SMILES string of the molecule is CC(C)CNC(=O)C1CCN(c2ccc(-c3ccccc3)nn2)CC1. The van der Waals surface area contributed by atoms with Gasteiger partial charge in [-0.3, -0.25) is 4.79 Å². The average Bonchev–Trinajstić information content (AvgIpc) is 2.67. The van der Waals surface area contributed by atoms with Gasteiger partial charge in [-0.05, 0) is 30.9 Å². The number of carbonyl (C=O) groups is 1. The molecule has 5 heteroatoms. The van der Waals surface area contributed by atoms with Crippen LogP contribution in [0.15, 0.2) is 42.5 Å². The molecule has 1 aliphatic rings. The van der Waals surface area contributed by atoms with E-state index < -0.39 is 0 Å². The predicted molar refractivity (Wildman–Crippen MR) is 100 cm³/mol. The number of rotatable bonds is 5. The van der Waals surface area contributed by atoms with E-state index in [-0.39, 0.29) is 11.8 Å². The van der Waals surface area contributed by atoms with E-state index in [1.807, 2.05) is 42.5 Å². The van der Waals surface area contributed by atoms with Crippen LogP contribution in [0, 0.1) is 11.8 Å². The van der Waals surface area contributed by atoms with Gasteiger partial charge in [0.15, 0.2) is 5.82 Å². The van der Waals surface area contributed by atoms with Gasteiger partial charge in [-0.2, -0.15) is 0 Å². The first kappa shape index (κ1) is 17.4. The lowest BCUT2D eigenvalue weighted by molar-refractivity contribution is -0.125. The lowest BCUT2D eigenvalue weighted by Gasteiger charge is -2.32. The Balaban J connectivity index is 1.55. The van der Waals surface area contributed by atoms with Crippen molar-refractivity contribution in [2.45, 2.75) is 26.7 Å². The quantitative estimate of drug-likeness (QED) is 0.910. The number of hydrogen-bond acceptors (Lipinski definition) is 4.